The normalized spacial score (nSPS) is 13.6. The minimum Gasteiger partial charge on any atom is -0.477 e. The van der Waals surface area contributed by atoms with Crippen LogP contribution >= 0.6 is 12.4 Å². The van der Waals surface area contributed by atoms with Crippen molar-refractivity contribution in [1.29, 1.82) is 0 Å². The predicted octanol–water partition coefficient (Wildman–Crippen LogP) is 2.12. The highest BCUT2D eigenvalue weighted by molar-refractivity contribution is 5.89. The molecule has 6 nitrogen and oxygen atoms in total. The maximum absolute atomic E-state index is 14.4. The molecule has 8 heteroatoms. The van der Waals surface area contributed by atoms with Gasteiger partial charge in [0.2, 0.25) is 0 Å². The number of carboxylic acids is 1. The fraction of sp³-hybridized carbons (Fsp3) is 0.375. The molecule has 2 aromatic heterocycles. The van der Waals surface area contributed by atoms with Crippen molar-refractivity contribution >= 4 is 29.6 Å². The van der Waals surface area contributed by atoms with Crippen LogP contribution < -0.4 is 16.6 Å². The van der Waals surface area contributed by atoms with Crippen molar-refractivity contribution in [3.05, 3.63) is 45.1 Å². The smallest absolute Gasteiger partial charge is 0.341 e. The van der Waals surface area contributed by atoms with Gasteiger partial charge in [0.25, 0.3) is 5.56 Å². The summed E-state index contributed by atoms with van der Waals surface area (Å²) < 4.78 is 15.5. The van der Waals surface area contributed by atoms with Gasteiger partial charge in [-0.15, -0.1) is 12.4 Å². The zero-order valence-corrected chi connectivity index (χ0v) is 14.0. The molecule has 1 fully saturated rings. The standard InChI is InChI=1S/C16H18FN3O3.ClH/c1-8-13(19-5-4-18)12(17)7-20-14(8)10(9-2-3-9)6-11(15(20)21)16(22)23;/h6-7,9,19H,2-5,18H2,1H3,(H,22,23);1H. The number of aromatic nitrogens is 1. The van der Waals surface area contributed by atoms with Crippen molar-refractivity contribution < 1.29 is 14.3 Å². The second kappa shape index (κ2) is 6.78. The van der Waals surface area contributed by atoms with Crippen molar-refractivity contribution in [3.63, 3.8) is 0 Å². The number of pyridine rings is 2. The predicted molar refractivity (Wildman–Crippen MR) is 92.1 cm³/mol. The van der Waals surface area contributed by atoms with Crippen LogP contribution in [0.1, 0.15) is 40.2 Å². The van der Waals surface area contributed by atoms with E-state index in [4.69, 9.17) is 5.73 Å². The third-order valence-corrected chi connectivity index (χ3v) is 4.17. The van der Waals surface area contributed by atoms with E-state index in [2.05, 4.69) is 5.32 Å². The minimum atomic E-state index is -1.30. The molecular weight excluding hydrogens is 337 g/mol. The minimum absolute atomic E-state index is 0. The van der Waals surface area contributed by atoms with Gasteiger partial charge in [-0.2, -0.15) is 0 Å². The van der Waals surface area contributed by atoms with E-state index in [0.29, 0.717) is 29.9 Å². The molecule has 0 amide bonds. The molecule has 0 aromatic carbocycles. The third kappa shape index (κ3) is 2.97. The Kier molecular flexibility index (Phi) is 5.15. The average Bonchev–Trinajstić information content (AvgIpc) is 3.32. The van der Waals surface area contributed by atoms with Gasteiger partial charge in [0.15, 0.2) is 5.82 Å². The number of halogens is 2. The van der Waals surface area contributed by atoms with Gasteiger partial charge in [0.05, 0.1) is 17.4 Å². The number of nitrogens with zero attached hydrogens (tertiary/aromatic N) is 1. The number of nitrogens with two attached hydrogens (primary N) is 1. The first-order valence-electron chi connectivity index (χ1n) is 7.51. The largest absolute Gasteiger partial charge is 0.477 e. The molecule has 0 saturated heterocycles. The van der Waals surface area contributed by atoms with Crippen LogP contribution in [0.3, 0.4) is 0 Å². The molecule has 1 saturated carbocycles. The van der Waals surface area contributed by atoms with Crippen LogP contribution in [0.2, 0.25) is 0 Å². The van der Waals surface area contributed by atoms with Gasteiger partial charge in [-0.1, -0.05) is 0 Å². The van der Waals surface area contributed by atoms with E-state index in [1.807, 2.05) is 0 Å². The number of aromatic carboxylic acids is 1. The molecule has 0 aliphatic heterocycles. The summed E-state index contributed by atoms with van der Waals surface area (Å²) in [5.41, 5.74) is 6.67. The Hall–Kier alpha value is -2.12. The van der Waals surface area contributed by atoms with Crippen LogP contribution in [0.25, 0.3) is 5.52 Å². The SMILES string of the molecule is Cc1c(NCCN)c(F)cn2c(=O)c(C(=O)O)cc(C3CC3)c12.Cl. The van der Waals surface area contributed by atoms with E-state index in [-0.39, 0.29) is 23.9 Å². The summed E-state index contributed by atoms with van der Waals surface area (Å²) >= 11 is 0. The number of hydrogen-bond donors (Lipinski definition) is 3. The molecule has 4 N–H and O–H groups in total. The summed E-state index contributed by atoms with van der Waals surface area (Å²) in [6.45, 7) is 2.48. The first kappa shape index (κ1) is 18.2. The fourth-order valence-corrected chi connectivity index (χ4v) is 2.92. The summed E-state index contributed by atoms with van der Waals surface area (Å²) in [4.78, 5) is 23.7. The zero-order chi connectivity index (χ0) is 16.7. The molecule has 0 unspecified atom stereocenters. The van der Waals surface area contributed by atoms with Crippen LogP contribution in [0.15, 0.2) is 17.1 Å². The zero-order valence-electron chi connectivity index (χ0n) is 13.1. The molecule has 130 valence electrons. The van der Waals surface area contributed by atoms with Crippen LogP contribution in [0, 0.1) is 12.7 Å². The van der Waals surface area contributed by atoms with E-state index in [1.54, 1.807) is 6.92 Å². The van der Waals surface area contributed by atoms with Gasteiger partial charge in [0, 0.05) is 13.1 Å². The van der Waals surface area contributed by atoms with Crippen LogP contribution in [-0.4, -0.2) is 28.6 Å². The monoisotopic (exact) mass is 355 g/mol. The van der Waals surface area contributed by atoms with Crippen molar-refractivity contribution in [3.8, 4) is 0 Å². The van der Waals surface area contributed by atoms with Crippen molar-refractivity contribution in [2.45, 2.75) is 25.7 Å². The first-order chi connectivity index (χ1) is 11.0. The Morgan fingerprint density at radius 3 is 2.71 bits per heavy atom. The first-order valence-corrected chi connectivity index (χ1v) is 7.51. The van der Waals surface area contributed by atoms with Gasteiger partial charge >= 0.3 is 5.97 Å². The van der Waals surface area contributed by atoms with Gasteiger partial charge in [0.1, 0.15) is 5.56 Å². The summed E-state index contributed by atoms with van der Waals surface area (Å²) in [5.74, 6) is -1.68. The Bertz CT molecular complexity index is 862. The molecule has 0 spiro atoms. The van der Waals surface area contributed by atoms with E-state index < -0.39 is 17.3 Å². The number of aryl methyl sites for hydroxylation is 1. The highest BCUT2D eigenvalue weighted by Gasteiger charge is 2.29. The molecule has 24 heavy (non-hydrogen) atoms. The summed E-state index contributed by atoms with van der Waals surface area (Å²) in [5, 5.41) is 12.2. The van der Waals surface area contributed by atoms with E-state index in [1.165, 1.54) is 6.07 Å². The lowest BCUT2D eigenvalue weighted by atomic mass is 10.0. The topological polar surface area (TPSA) is 96.8 Å². The quantitative estimate of drug-likeness (QED) is 0.763. The average molecular weight is 356 g/mol. The lowest BCUT2D eigenvalue weighted by Crippen LogP contribution is -2.25. The fourth-order valence-electron chi connectivity index (χ4n) is 2.92. The Morgan fingerprint density at radius 2 is 2.17 bits per heavy atom. The van der Waals surface area contributed by atoms with Crippen molar-refractivity contribution in [1.82, 2.24) is 4.40 Å². The number of anilines is 1. The van der Waals surface area contributed by atoms with Crippen LogP contribution in [0.5, 0.6) is 0 Å². The van der Waals surface area contributed by atoms with E-state index in [9.17, 15) is 19.1 Å². The lowest BCUT2D eigenvalue weighted by Gasteiger charge is -2.17. The molecule has 1 aliphatic carbocycles. The highest BCUT2D eigenvalue weighted by atomic mass is 35.5. The van der Waals surface area contributed by atoms with E-state index in [0.717, 1.165) is 29.0 Å². The van der Waals surface area contributed by atoms with E-state index >= 15 is 0 Å². The number of hydrogen-bond acceptors (Lipinski definition) is 4. The second-order valence-corrected chi connectivity index (χ2v) is 5.81. The molecular formula is C16H19ClFN3O3. The maximum Gasteiger partial charge on any atom is 0.341 e. The van der Waals surface area contributed by atoms with Gasteiger partial charge < -0.3 is 16.2 Å². The molecule has 0 radical (unpaired) electrons. The van der Waals surface area contributed by atoms with Crippen molar-refractivity contribution in [2.75, 3.05) is 18.4 Å². The molecule has 3 rings (SSSR count). The van der Waals surface area contributed by atoms with Gasteiger partial charge in [-0.25, -0.2) is 9.18 Å². The molecule has 2 heterocycles. The van der Waals surface area contributed by atoms with Gasteiger partial charge in [-0.3, -0.25) is 9.20 Å². The van der Waals surface area contributed by atoms with Crippen LogP contribution in [0.4, 0.5) is 10.1 Å². The number of rotatable bonds is 5. The maximum atomic E-state index is 14.4. The highest BCUT2D eigenvalue weighted by Crippen LogP contribution is 2.43. The molecule has 2 aromatic rings. The van der Waals surface area contributed by atoms with Gasteiger partial charge in [-0.05, 0) is 42.9 Å². The van der Waals surface area contributed by atoms with Crippen molar-refractivity contribution in [2.24, 2.45) is 5.73 Å². The Morgan fingerprint density at radius 1 is 1.50 bits per heavy atom. The van der Waals surface area contributed by atoms with Crippen LogP contribution in [-0.2, 0) is 0 Å². The molecule has 0 atom stereocenters. The third-order valence-electron chi connectivity index (χ3n) is 4.17. The summed E-state index contributed by atoms with van der Waals surface area (Å²) in [6.07, 6.45) is 2.94. The number of nitrogens with one attached hydrogen (secondary N) is 1. The summed E-state index contributed by atoms with van der Waals surface area (Å²) in [6, 6.07) is 1.44. The summed E-state index contributed by atoms with van der Waals surface area (Å²) in [7, 11) is 0. The number of carbonyl (C=O) groups is 1. The number of carboxylic acid groups (broad SMARTS) is 1. The molecule has 1 aliphatic rings. The number of fused-ring (bicyclic) bond motifs is 1. The second-order valence-electron chi connectivity index (χ2n) is 5.81. The Labute approximate surface area is 143 Å². The Balaban J connectivity index is 0.00000208. The molecule has 0 bridgehead atoms. The lowest BCUT2D eigenvalue weighted by molar-refractivity contribution is 0.0694.